The second-order valence-corrected chi connectivity index (χ2v) is 11.7. The summed E-state index contributed by atoms with van der Waals surface area (Å²) in [4.78, 5) is 52.2. The first-order valence-electron chi connectivity index (χ1n) is 13.9. The summed E-state index contributed by atoms with van der Waals surface area (Å²) < 4.78 is 7.82. The number of aromatic carboxylic acids is 1. The lowest BCUT2D eigenvalue weighted by molar-refractivity contribution is -0.385. The van der Waals surface area contributed by atoms with Gasteiger partial charge in [-0.15, -0.1) is 0 Å². The summed E-state index contributed by atoms with van der Waals surface area (Å²) >= 11 is 1.16. The monoisotopic (exact) mass is 650 g/mol. The van der Waals surface area contributed by atoms with Crippen LogP contribution in [0.25, 0.3) is 17.0 Å². The maximum Gasteiger partial charge on any atom is 0.335 e. The number of thiazole rings is 1. The van der Waals surface area contributed by atoms with Crippen LogP contribution in [0.5, 0.6) is 0 Å². The minimum atomic E-state index is -1.20. The summed E-state index contributed by atoms with van der Waals surface area (Å²) in [5.74, 6) is -2.77. The molecule has 2 aromatic heterocycles. The van der Waals surface area contributed by atoms with Crippen LogP contribution in [-0.2, 0) is 4.79 Å². The number of hydrogen-bond acceptors (Lipinski definition) is 10. The van der Waals surface area contributed by atoms with Crippen LogP contribution in [0.3, 0.4) is 0 Å². The van der Waals surface area contributed by atoms with Gasteiger partial charge in [0.2, 0.25) is 5.91 Å². The highest BCUT2D eigenvalue weighted by Crippen LogP contribution is 2.45. The molecule has 2 N–H and O–H groups in total. The van der Waals surface area contributed by atoms with Crippen LogP contribution >= 0.6 is 11.3 Å². The summed E-state index contributed by atoms with van der Waals surface area (Å²) in [6.07, 6.45) is 0. The Kier molecular flexibility index (Phi) is 7.71. The van der Waals surface area contributed by atoms with E-state index in [2.05, 4.69) is 11.4 Å². The topological polar surface area (TPSA) is 207 Å². The first-order chi connectivity index (χ1) is 22.5. The Bertz CT molecular complexity index is 2240. The number of nitrogens with one attached hydrogen (secondary N) is 1. The van der Waals surface area contributed by atoms with Crippen molar-refractivity contribution in [3.63, 3.8) is 0 Å². The molecule has 0 saturated carbocycles. The molecule has 6 rings (SSSR count). The molecule has 14 nitrogen and oxygen atoms in total. The third-order valence-electron chi connectivity index (χ3n) is 7.72. The summed E-state index contributed by atoms with van der Waals surface area (Å²) in [7, 11) is 0. The molecule has 3 heterocycles. The molecule has 3 aromatic carbocycles. The Morgan fingerprint density at radius 2 is 1.66 bits per heavy atom. The zero-order valence-corrected chi connectivity index (χ0v) is 25.3. The summed E-state index contributed by atoms with van der Waals surface area (Å²) in [6.45, 7) is 3.35. The van der Waals surface area contributed by atoms with Gasteiger partial charge in [0.05, 0.1) is 43.6 Å². The molecular formula is C32H22N6O8S. The van der Waals surface area contributed by atoms with E-state index in [-0.39, 0.29) is 22.8 Å². The molecular weight excluding hydrogens is 628 g/mol. The van der Waals surface area contributed by atoms with Gasteiger partial charge in [0.25, 0.3) is 11.4 Å². The van der Waals surface area contributed by atoms with E-state index in [0.717, 1.165) is 11.3 Å². The number of aryl methyl sites for hydroxylation is 2. The number of nitro benzene ring substituents is 2. The maximum absolute atomic E-state index is 13.5. The Hall–Kier alpha value is -6.40. The van der Waals surface area contributed by atoms with Crippen LogP contribution in [0.4, 0.5) is 22.9 Å². The fourth-order valence-electron chi connectivity index (χ4n) is 5.38. The van der Waals surface area contributed by atoms with Gasteiger partial charge < -0.3 is 14.8 Å². The lowest BCUT2D eigenvalue weighted by atomic mass is 9.86. The number of carbonyl (C=O) groups excluding carboxylic acids is 1. The summed E-state index contributed by atoms with van der Waals surface area (Å²) in [5, 5.41) is 45.0. The smallest absolute Gasteiger partial charge is 0.335 e. The van der Waals surface area contributed by atoms with Gasteiger partial charge >= 0.3 is 5.97 Å². The number of carboxylic acids is 1. The number of aromatic nitrogens is 1. The summed E-state index contributed by atoms with van der Waals surface area (Å²) in [6, 6.07) is 19.9. The zero-order valence-electron chi connectivity index (χ0n) is 24.5. The SMILES string of the molecule is Cc1cc([N+](=O)[O-])ccc1N=c1sc2c(n1-c1ccc([N+](=O)[O-])cc1C)NC(=O)C(C#N)C2c1ccc(-c2ccc(C(=O)O)cc2)o1. The van der Waals surface area contributed by atoms with Gasteiger partial charge in [0, 0.05) is 29.8 Å². The number of nitro groups is 2. The Morgan fingerprint density at radius 1 is 1.00 bits per heavy atom. The zero-order chi connectivity index (χ0) is 33.6. The van der Waals surface area contributed by atoms with E-state index in [1.54, 1.807) is 42.7 Å². The molecule has 2 unspecified atom stereocenters. The average molecular weight is 651 g/mol. The number of hydrogen-bond donors (Lipinski definition) is 2. The number of amides is 1. The van der Waals surface area contributed by atoms with Crippen molar-refractivity contribution in [3.8, 4) is 23.1 Å². The van der Waals surface area contributed by atoms with Gasteiger partial charge in [-0.25, -0.2) is 9.79 Å². The first-order valence-corrected chi connectivity index (χ1v) is 14.7. The molecule has 0 bridgehead atoms. The van der Waals surface area contributed by atoms with Crippen LogP contribution in [0.2, 0.25) is 0 Å². The highest BCUT2D eigenvalue weighted by Gasteiger charge is 2.42. The number of nitrogens with zero attached hydrogens (tertiary/aromatic N) is 5. The van der Waals surface area contributed by atoms with E-state index in [4.69, 9.17) is 9.41 Å². The van der Waals surface area contributed by atoms with E-state index >= 15 is 0 Å². The third kappa shape index (κ3) is 5.53. The van der Waals surface area contributed by atoms with Crippen molar-refractivity contribution in [2.75, 3.05) is 5.32 Å². The van der Waals surface area contributed by atoms with E-state index in [1.165, 1.54) is 48.5 Å². The molecule has 15 heteroatoms. The minimum absolute atomic E-state index is 0.0999. The van der Waals surface area contributed by atoms with Crippen molar-refractivity contribution in [3.05, 3.63) is 125 Å². The molecule has 1 amide bonds. The van der Waals surface area contributed by atoms with Gasteiger partial charge in [-0.1, -0.05) is 23.5 Å². The van der Waals surface area contributed by atoms with E-state index < -0.39 is 33.6 Å². The largest absolute Gasteiger partial charge is 0.478 e. The number of non-ortho nitro benzene ring substituents is 2. The number of carbonyl (C=O) groups is 2. The average Bonchev–Trinajstić information content (AvgIpc) is 3.66. The van der Waals surface area contributed by atoms with Crippen molar-refractivity contribution in [1.82, 2.24) is 4.57 Å². The second kappa shape index (κ2) is 11.8. The lowest BCUT2D eigenvalue weighted by Gasteiger charge is -2.26. The summed E-state index contributed by atoms with van der Waals surface area (Å²) in [5.41, 5.74) is 2.34. The van der Waals surface area contributed by atoms with Crippen molar-refractivity contribution in [2.45, 2.75) is 19.8 Å². The number of furan rings is 1. The normalized spacial score (nSPS) is 15.9. The molecule has 2 atom stereocenters. The molecule has 0 radical (unpaired) electrons. The van der Waals surface area contributed by atoms with Crippen LogP contribution < -0.4 is 10.1 Å². The van der Waals surface area contributed by atoms with Gasteiger partial charge in [-0.3, -0.25) is 29.6 Å². The molecule has 5 aromatic rings. The Balaban J connectivity index is 1.57. The van der Waals surface area contributed by atoms with Crippen LogP contribution in [0.15, 0.2) is 82.2 Å². The van der Waals surface area contributed by atoms with Crippen molar-refractivity contribution < 1.29 is 29.0 Å². The molecule has 0 fully saturated rings. The fraction of sp³-hybridized carbons (Fsp3) is 0.125. The minimum Gasteiger partial charge on any atom is -0.478 e. The number of carboxylic acid groups (broad SMARTS) is 1. The van der Waals surface area contributed by atoms with Gasteiger partial charge in [0.15, 0.2) is 4.80 Å². The molecule has 0 aliphatic carbocycles. The van der Waals surface area contributed by atoms with Crippen molar-refractivity contribution in [2.24, 2.45) is 10.9 Å². The number of anilines is 1. The van der Waals surface area contributed by atoms with E-state index in [0.29, 0.717) is 49.3 Å². The molecule has 1 aliphatic heterocycles. The lowest BCUT2D eigenvalue weighted by Crippen LogP contribution is -2.33. The van der Waals surface area contributed by atoms with Crippen molar-refractivity contribution in [1.29, 1.82) is 5.26 Å². The predicted molar refractivity (Wildman–Crippen MR) is 169 cm³/mol. The number of nitriles is 1. The van der Waals surface area contributed by atoms with Gasteiger partial charge in [-0.2, -0.15) is 5.26 Å². The first kappa shape index (κ1) is 30.6. The van der Waals surface area contributed by atoms with Crippen LogP contribution in [-0.4, -0.2) is 31.4 Å². The Morgan fingerprint density at radius 3 is 2.26 bits per heavy atom. The van der Waals surface area contributed by atoms with Gasteiger partial charge in [0.1, 0.15) is 23.3 Å². The third-order valence-corrected chi connectivity index (χ3v) is 8.84. The van der Waals surface area contributed by atoms with Crippen LogP contribution in [0, 0.1) is 51.3 Å². The number of rotatable bonds is 7. The molecule has 47 heavy (non-hydrogen) atoms. The molecule has 0 spiro atoms. The predicted octanol–water partition coefficient (Wildman–Crippen LogP) is 6.39. The molecule has 0 saturated heterocycles. The van der Waals surface area contributed by atoms with Crippen LogP contribution in [0.1, 0.15) is 38.0 Å². The maximum atomic E-state index is 13.5. The Labute approximate surface area is 268 Å². The van der Waals surface area contributed by atoms with Gasteiger partial charge in [-0.05, 0) is 61.4 Å². The highest BCUT2D eigenvalue weighted by atomic mass is 32.1. The van der Waals surface area contributed by atoms with E-state index in [1.807, 2.05) is 0 Å². The van der Waals surface area contributed by atoms with Crippen molar-refractivity contribution >= 4 is 46.1 Å². The quantitative estimate of drug-likeness (QED) is 0.148. The molecule has 1 aliphatic rings. The standard InChI is InChI=1S/C32H22N6O8S/c1-16-13-20(37(42)43)7-9-23(16)34-32-36(24-10-8-21(38(44)45)14-17(24)2)29-28(47-32)27(22(15-33)30(39)35-29)26-12-11-25(46-26)18-3-5-19(6-4-18)31(40)41/h3-14,22,27H,1-2H3,(H,35,39)(H,40,41). The number of benzene rings is 3. The highest BCUT2D eigenvalue weighted by molar-refractivity contribution is 7.10. The van der Waals surface area contributed by atoms with E-state index in [9.17, 15) is 40.2 Å². The fourth-order valence-corrected chi connectivity index (χ4v) is 6.62. The molecule has 234 valence electrons. The second-order valence-electron chi connectivity index (χ2n) is 10.7. The number of fused-ring (bicyclic) bond motifs is 1.